The Morgan fingerprint density at radius 3 is 0.893 bits per heavy atom. The van der Waals surface area contributed by atoms with Crippen LogP contribution in [0.5, 0.6) is 0 Å². The van der Waals surface area contributed by atoms with E-state index in [0.29, 0.717) is 24.2 Å². The molecule has 460 valence electrons. The van der Waals surface area contributed by atoms with Crippen molar-refractivity contribution in [3.8, 4) is 0 Å². The first-order valence-electron chi connectivity index (χ1n) is 29.4. The minimum absolute atomic E-state index is 0.0844. The second-order valence-corrected chi connectivity index (χ2v) is 24.5. The maximum atomic E-state index is 15.1. The van der Waals surface area contributed by atoms with Crippen LogP contribution in [-0.2, 0) is 83.2 Å². The average molecular weight is 1170 g/mol. The van der Waals surface area contributed by atoms with Gasteiger partial charge in [0.1, 0.15) is 35.8 Å². The summed E-state index contributed by atoms with van der Waals surface area (Å²) in [4.78, 5) is 131. The van der Waals surface area contributed by atoms with Crippen LogP contribution in [0.1, 0.15) is 140 Å². The summed E-state index contributed by atoms with van der Waals surface area (Å²) < 4.78 is 28.4. The van der Waals surface area contributed by atoms with E-state index < -0.39 is 96.1 Å². The fourth-order valence-electron chi connectivity index (χ4n) is 10.5. The van der Waals surface area contributed by atoms with E-state index in [9.17, 15) is 28.8 Å². The smallest absolute Gasteiger partial charge is 0.329 e. The molecule has 1 fully saturated rings. The summed E-state index contributed by atoms with van der Waals surface area (Å²) in [5.74, 6) is -5.70. The number of carbonyl (C=O) groups excluding carboxylic acids is 8. The Labute approximate surface area is 496 Å². The highest BCUT2D eigenvalue weighted by Gasteiger charge is 2.43. The van der Waals surface area contributed by atoms with Gasteiger partial charge in [-0.15, -0.1) is 0 Å². The van der Waals surface area contributed by atoms with Gasteiger partial charge in [0.05, 0.1) is 11.4 Å². The summed E-state index contributed by atoms with van der Waals surface area (Å²) in [7, 11) is 5.60. The zero-order valence-corrected chi connectivity index (χ0v) is 52.8. The second kappa shape index (κ2) is 29.9. The molecule has 0 N–H and O–H groups in total. The van der Waals surface area contributed by atoms with Crippen LogP contribution >= 0.6 is 0 Å². The minimum Gasteiger partial charge on any atom is -0.451 e. The van der Waals surface area contributed by atoms with E-state index in [2.05, 4.69) is 9.97 Å². The highest BCUT2D eigenvalue weighted by atomic mass is 16.6. The van der Waals surface area contributed by atoms with E-state index in [-0.39, 0.29) is 62.2 Å². The Kier molecular flexibility index (Phi) is 24.0. The van der Waals surface area contributed by atoms with Crippen LogP contribution in [0.2, 0.25) is 0 Å². The van der Waals surface area contributed by atoms with Crippen molar-refractivity contribution in [3.63, 3.8) is 0 Å². The van der Waals surface area contributed by atoms with Gasteiger partial charge in [0.2, 0.25) is 0 Å². The van der Waals surface area contributed by atoms with Gasteiger partial charge in [-0.1, -0.05) is 104 Å². The number of carbonyl (C=O) groups is 8. The van der Waals surface area contributed by atoms with Crippen LogP contribution in [0.15, 0.2) is 60.9 Å². The zero-order chi connectivity index (χ0) is 62.6. The molecule has 0 aliphatic carbocycles. The first-order valence-corrected chi connectivity index (χ1v) is 29.4. The Balaban J connectivity index is 1.59. The van der Waals surface area contributed by atoms with Crippen molar-refractivity contribution in [3.05, 3.63) is 106 Å². The Hall–Kier alpha value is -7.38. The summed E-state index contributed by atoms with van der Waals surface area (Å²) >= 11 is 0. The van der Waals surface area contributed by atoms with Gasteiger partial charge >= 0.3 is 23.9 Å². The molecule has 4 amide bonds. The normalized spacial score (nSPS) is 22.7. The summed E-state index contributed by atoms with van der Waals surface area (Å²) in [5, 5.41) is 0. The molecule has 5 rings (SSSR count). The molecule has 1 saturated heterocycles. The highest BCUT2D eigenvalue weighted by Crippen LogP contribution is 2.25. The Morgan fingerprint density at radius 1 is 0.393 bits per heavy atom. The third kappa shape index (κ3) is 18.3. The van der Waals surface area contributed by atoms with Gasteiger partial charge in [0.15, 0.2) is 24.4 Å². The predicted octanol–water partition coefficient (Wildman–Crippen LogP) is 7.39. The van der Waals surface area contributed by atoms with Gasteiger partial charge in [-0.2, -0.15) is 0 Å². The lowest BCUT2D eigenvalue weighted by Gasteiger charge is -2.35. The quantitative estimate of drug-likeness (QED) is 0.0789. The first-order chi connectivity index (χ1) is 39.3. The van der Waals surface area contributed by atoms with E-state index in [1.54, 1.807) is 0 Å². The van der Waals surface area contributed by atoms with Gasteiger partial charge in [-0.3, -0.25) is 19.2 Å². The molecule has 0 radical (unpaired) electrons. The van der Waals surface area contributed by atoms with Gasteiger partial charge in [-0.25, -0.2) is 29.1 Å². The molecule has 0 unspecified atom stereocenters. The number of imidazole rings is 2. The van der Waals surface area contributed by atoms with Crippen LogP contribution < -0.4 is 0 Å². The van der Waals surface area contributed by atoms with E-state index in [4.69, 9.17) is 18.9 Å². The number of cyclic esters (lactones) is 4. The molecule has 2 aromatic heterocycles. The fraction of sp³-hybridized carbons (Fsp3) is 0.594. The van der Waals surface area contributed by atoms with E-state index >= 15 is 9.59 Å². The molecule has 0 saturated carbocycles. The van der Waals surface area contributed by atoms with E-state index in [1.165, 1.54) is 51.8 Å². The number of ether oxygens (including phenoxy) is 4. The Bertz CT molecular complexity index is 2720. The number of benzene rings is 2. The van der Waals surface area contributed by atoms with Crippen LogP contribution in [0.3, 0.4) is 0 Å². The van der Waals surface area contributed by atoms with Gasteiger partial charge in [-0.05, 0) is 113 Å². The number of likely N-dealkylation sites (N-methyl/N-ethyl adjacent to an activating group) is 4. The molecule has 1 aliphatic heterocycles. The lowest BCUT2D eigenvalue weighted by atomic mass is 9.99. The predicted molar refractivity (Wildman–Crippen MR) is 317 cm³/mol. The number of rotatable bonds is 16. The highest BCUT2D eigenvalue weighted by molar-refractivity contribution is 5.94. The van der Waals surface area contributed by atoms with Crippen molar-refractivity contribution >= 4 is 47.5 Å². The van der Waals surface area contributed by atoms with Crippen molar-refractivity contribution in [2.24, 2.45) is 23.7 Å². The molecule has 0 bridgehead atoms. The standard InChI is InChI=1S/C64H92N8O12/c1-37(2)27-51-61(77)81-43(11)57(73)67(15)54(30-40(7)8)64(80)84-56(32-48-21-25-50(26-22-48)36-72-34-42(10)66-46(72)14)60(76)70(18)52(28-38(3)4)62(78)82-44(12)58(74)68(16)53(29-39(5)6)63(79)83-55(59(75)69(51)17)31-47-19-23-49(24-20-47)35-71-33-41(9)65-45(71)13/h19-26,33-34,37-40,43-44,51-56H,27-32,35-36H2,1-18H3/t43-,44-,51+,52+,53+,54+,55-,56-/m1/s1. The summed E-state index contributed by atoms with van der Waals surface area (Å²) in [6, 6.07) is 9.78. The van der Waals surface area contributed by atoms with E-state index in [1.807, 2.05) is 153 Å². The molecule has 20 heteroatoms. The van der Waals surface area contributed by atoms with Gasteiger partial charge in [0.25, 0.3) is 23.6 Å². The number of aryl methyl sites for hydroxylation is 4. The molecular formula is C64H92N8O12. The van der Waals surface area contributed by atoms with Gasteiger partial charge < -0.3 is 47.7 Å². The van der Waals surface area contributed by atoms with Gasteiger partial charge in [0, 0.05) is 66.5 Å². The first kappa shape index (κ1) is 67.4. The molecule has 3 heterocycles. The molecule has 2 aromatic carbocycles. The topological polar surface area (TPSA) is 222 Å². The molecule has 4 aromatic rings. The molecular weight excluding hydrogens is 1070 g/mol. The number of amides is 4. The molecule has 84 heavy (non-hydrogen) atoms. The lowest BCUT2D eigenvalue weighted by Crippen LogP contribution is -2.55. The third-order valence-corrected chi connectivity index (χ3v) is 15.3. The molecule has 20 nitrogen and oxygen atoms in total. The molecule has 8 atom stereocenters. The molecule has 1 aliphatic rings. The number of hydrogen-bond donors (Lipinski definition) is 0. The maximum Gasteiger partial charge on any atom is 0.329 e. The van der Waals surface area contributed by atoms with Crippen molar-refractivity contribution < 1.29 is 57.3 Å². The number of aromatic nitrogens is 4. The van der Waals surface area contributed by atoms with Crippen LogP contribution in [-0.4, -0.2) is 163 Å². The van der Waals surface area contributed by atoms with E-state index in [0.717, 1.165) is 44.0 Å². The van der Waals surface area contributed by atoms with Crippen LogP contribution in [0.4, 0.5) is 0 Å². The Morgan fingerprint density at radius 2 is 0.643 bits per heavy atom. The van der Waals surface area contributed by atoms with Crippen molar-refractivity contribution in [2.75, 3.05) is 28.2 Å². The van der Waals surface area contributed by atoms with Crippen LogP contribution in [0, 0.1) is 51.4 Å². The number of hydrogen-bond acceptors (Lipinski definition) is 14. The summed E-state index contributed by atoms with van der Waals surface area (Å²) in [6.45, 7) is 26.3. The lowest BCUT2D eigenvalue weighted by molar-refractivity contribution is -0.176. The average Bonchev–Trinajstić information content (AvgIpc) is 3.73. The maximum absolute atomic E-state index is 15.1. The SMILES string of the molecule is Cc1cn(Cc2ccc(C[C@H]3OC(=O)[C@H](CC(C)C)N(C)C(=O)[C@@H](C)OC(=O)[C@H](CC(C)C)N(C)C(=O)[C@@H](Cc4ccc(Cn5cc(C)nc5C)cc4)OC(=O)[C@H](CC(C)C)N(C)C(=O)[C@@H](C)OC(=O)[C@H](CC(C)C)N(C)C3=O)cc2)c(C)n1. The number of nitrogens with zero attached hydrogens (tertiary/aromatic N) is 8. The van der Waals surface area contributed by atoms with Crippen molar-refractivity contribution in [2.45, 2.75) is 197 Å². The minimum atomic E-state index is -1.53. The third-order valence-electron chi connectivity index (χ3n) is 15.3. The largest absolute Gasteiger partial charge is 0.451 e. The molecule has 0 spiro atoms. The summed E-state index contributed by atoms with van der Waals surface area (Å²) in [5.41, 5.74) is 4.91. The van der Waals surface area contributed by atoms with Crippen molar-refractivity contribution in [1.29, 1.82) is 0 Å². The zero-order valence-electron chi connectivity index (χ0n) is 52.8. The fourth-order valence-corrected chi connectivity index (χ4v) is 10.5. The van der Waals surface area contributed by atoms with Crippen molar-refractivity contribution in [1.82, 2.24) is 38.7 Å². The van der Waals surface area contributed by atoms with Crippen LogP contribution in [0.25, 0.3) is 0 Å². The second-order valence-electron chi connectivity index (χ2n) is 24.5. The number of esters is 4. The monoisotopic (exact) mass is 1160 g/mol. The summed E-state index contributed by atoms with van der Waals surface area (Å²) in [6.07, 6.45) is -2.04.